The number of nitrogens with zero attached hydrogens (tertiary/aromatic N) is 3. The molecule has 3 rings (SSSR count). The number of nitriles is 1. The fraction of sp³-hybridized carbons (Fsp3) is 0.167. The highest BCUT2D eigenvalue weighted by molar-refractivity contribution is 5.80. The fourth-order valence-electron chi connectivity index (χ4n) is 2.87. The molecule has 3 aromatic carbocycles. The summed E-state index contributed by atoms with van der Waals surface area (Å²) in [6, 6.07) is 20.9. The van der Waals surface area contributed by atoms with Gasteiger partial charge in [-0.3, -0.25) is 10.1 Å². The molecule has 3 aromatic rings. The smallest absolute Gasteiger partial charge is 0.269 e. The van der Waals surface area contributed by atoms with Crippen LogP contribution < -0.4 is 9.47 Å². The third-order valence-corrected chi connectivity index (χ3v) is 4.42. The maximum absolute atomic E-state index is 10.9. The van der Waals surface area contributed by atoms with Gasteiger partial charge >= 0.3 is 0 Å². The predicted octanol–water partition coefficient (Wildman–Crippen LogP) is 4.99. The van der Waals surface area contributed by atoms with Crippen LogP contribution >= 0.6 is 0 Å². The first kappa shape index (κ1) is 22.3. The number of benzene rings is 3. The molecule has 0 saturated carbocycles. The van der Waals surface area contributed by atoms with Gasteiger partial charge in [-0.2, -0.15) is 5.26 Å². The second kappa shape index (κ2) is 11.1. The van der Waals surface area contributed by atoms with Crippen LogP contribution in [-0.2, 0) is 18.1 Å². The van der Waals surface area contributed by atoms with E-state index in [1.54, 1.807) is 48.7 Å². The molecule has 32 heavy (non-hydrogen) atoms. The normalized spacial score (nSPS) is 10.5. The van der Waals surface area contributed by atoms with Gasteiger partial charge < -0.3 is 14.3 Å². The molecule has 0 spiro atoms. The molecular formula is C24H21N3O5. The highest BCUT2D eigenvalue weighted by Crippen LogP contribution is 2.29. The second-order valence-corrected chi connectivity index (χ2v) is 6.63. The molecule has 0 radical (unpaired) electrons. The average Bonchev–Trinajstić information content (AvgIpc) is 2.82. The second-order valence-electron chi connectivity index (χ2n) is 6.63. The van der Waals surface area contributed by atoms with Gasteiger partial charge in [0.15, 0.2) is 11.5 Å². The standard InChI is InChI=1S/C24H21N3O5/c1-2-30-24-13-18(15-26-32-17-21-8-4-3-7-20(21)14-25)10-11-23(24)31-16-19-6-5-9-22(12-19)27(28)29/h3-13,15H,2,16-17H2,1H3/b26-15-. The lowest BCUT2D eigenvalue weighted by Gasteiger charge is -2.12. The Labute approximate surface area is 185 Å². The number of hydrogen-bond donors (Lipinski definition) is 0. The quantitative estimate of drug-likeness (QED) is 0.254. The summed E-state index contributed by atoms with van der Waals surface area (Å²) in [6.07, 6.45) is 1.54. The van der Waals surface area contributed by atoms with E-state index in [-0.39, 0.29) is 18.9 Å². The highest BCUT2D eigenvalue weighted by Gasteiger charge is 2.09. The van der Waals surface area contributed by atoms with Crippen molar-refractivity contribution in [3.05, 3.63) is 99.1 Å². The van der Waals surface area contributed by atoms with Crippen LogP contribution in [0.15, 0.2) is 71.9 Å². The first-order valence-corrected chi connectivity index (χ1v) is 9.87. The lowest BCUT2D eigenvalue weighted by Crippen LogP contribution is -2.01. The SMILES string of the molecule is CCOc1cc(/C=N\OCc2ccccc2C#N)ccc1OCc1cccc([N+](=O)[O-])c1. The number of ether oxygens (including phenoxy) is 2. The molecule has 0 amide bonds. The largest absolute Gasteiger partial charge is 0.490 e. The number of nitro groups is 1. The number of rotatable bonds is 10. The van der Waals surface area contributed by atoms with Gasteiger partial charge in [0, 0.05) is 23.3 Å². The van der Waals surface area contributed by atoms with Crippen molar-refractivity contribution in [2.24, 2.45) is 5.16 Å². The summed E-state index contributed by atoms with van der Waals surface area (Å²) in [5.74, 6) is 1.04. The van der Waals surface area contributed by atoms with E-state index in [0.717, 1.165) is 11.1 Å². The zero-order chi connectivity index (χ0) is 22.8. The summed E-state index contributed by atoms with van der Waals surface area (Å²) >= 11 is 0. The molecular weight excluding hydrogens is 410 g/mol. The zero-order valence-electron chi connectivity index (χ0n) is 17.4. The van der Waals surface area contributed by atoms with E-state index >= 15 is 0 Å². The predicted molar refractivity (Wildman–Crippen MR) is 119 cm³/mol. The molecule has 0 unspecified atom stereocenters. The summed E-state index contributed by atoms with van der Waals surface area (Å²) < 4.78 is 11.5. The number of nitro benzene ring substituents is 1. The van der Waals surface area contributed by atoms with Gasteiger partial charge in [-0.1, -0.05) is 35.5 Å². The van der Waals surface area contributed by atoms with Gasteiger partial charge in [0.25, 0.3) is 5.69 Å². The lowest BCUT2D eigenvalue weighted by molar-refractivity contribution is -0.384. The van der Waals surface area contributed by atoms with E-state index in [9.17, 15) is 10.1 Å². The summed E-state index contributed by atoms with van der Waals surface area (Å²) in [5, 5.41) is 24.0. The maximum Gasteiger partial charge on any atom is 0.269 e. The van der Waals surface area contributed by atoms with Crippen LogP contribution in [0.2, 0.25) is 0 Å². The molecule has 0 aliphatic heterocycles. The van der Waals surface area contributed by atoms with Crippen LogP contribution in [0.1, 0.15) is 29.2 Å². The van der Waals surface area contributed by atoms with Crippen molar-refractivity contribution in [3.8, 4) is 17.6 Å². The van der Waals surface area contributed by atoms with Crippen molar-refractivity contribution in [1.82, 2.24) is 0 Å². The van der Waals surface area contributed by atoms with Crippen molar-refractivity contribution in [2.45, 2.75) is 20.1 Å². The van der Waals surface area contributed by atoms with Gasteiger partial charge in [0.2, 0.25) is 0 Å². The van der Waals surface area contributed by atoms with Crippen LogP contribution in [0, 0.1) is 21.4 Å². The van der Waals surface area contributed by atoms with E-state index in [1.165, 1.54) is 12.1 Å². The summed E-state index contributed by atoms with van der Waals surface area (Å²) in [4.78, 5) is 15.8. The minimum atomic E-state index is -0.440. The minimum absolute atomic E-state index is 0.0140. The monoisotopic (exact) mass is 431 g/mol. The van der Waals surface area contributed by atoms with Crippen molar-refractivity contribution < 1.29 is 19.2 Å². The number of oxime groups is 1. The zero-order valence-corrected chi connectivity index (χ0v) is 17.4. The molecule has 0 N–H and O–H groups in total. The van der Waals surface area contributed by atoms with Crippen molar-refractivity contribution >= 4 is 11.9 Å². The van der Waals surface area contributed by atoms with E-state index in [0.29, 0.717) is 29.2 Å². The lowest BCUT2D eigenvalue weighted by atomic mass is 10.1. The fourth-order valence-corrected chi connectivity index (χ4v) is 2.87. The van der Waals surface area contributed by atoms with Crippen molar-refractivity contribution in [1.29, 1.82) is 5.26 Å². The third kappa shape index (κ3) is 6.06. The molecule has 0 atom stereocenters. The van der Waals surface area contributed by atoms with Crippen LogP contribution in [0.25, 0.3) is 0 Å². The summed E-state index contributed by atoms with van der Waals surface area (Å²) in [5.41, 5.74) is 2.74. The third-order valence-electron chi connectivity index (χ3n) is 4.42. The molecule has 162 valence electrons. The molecule has 0 heterocycles. The Morgan fingerprint density at radius 2 is 1.88 bits per heavy atom. The van der Waals surface area contributed by atoms with Gasteiger partial charge in [-0.25, -0.2) is 0 Å². The van der Waals surface area contributed by atoms with Gasteiger partial charge in [0.05, 0.1) is 29.4 Å². The molecule has 0 aromatic heterocycles. The van der Waals surface area contributed by atoms with Crippen molar-refractivity contribution in [2.75, 3.05) is 6.61 Å². The van der Waals surface area contributed by atoms with Gasteiger partial charge in [0.1, 0.15) is 13.2 Å². The Kier molecular flexibility index (Phi) is 7.76. The average molecular weight is 431 g/mol. The highest BCUT2D eigenvalue weighted by atomic mass is 16.6. The molecule has 0 bridgehead atoms. The Hall–Kier alpha value is -4.38. The summed E-state index contributed by atoms with van der Waals surface area (Å²) in [6.45, 7) is 2.65. The number of non-ortho nitro benzene ring substituents is 1. The first-order chi connectivity index (χ1) is 15.6. The Morgan fingerprint density at radius 3 is 2.66 bits per heavy atom. The first-order valence-electron chi connectivity index (χ1n) is 9.87. The molecule has 0 aliphatic rings. The van der Waals surface area contributed by atoms with Gasteiger partial charge in [-0.15, -0.1) is 0 Å². The van der Waals surface area contributed by atoms with Gasteiger partial charge in [-0.05, 0) is 36.8 Å². The Balaban J connectivity index is 1.65. The molecule has 0 aliphatic carbocycles. The van der Waals surface area contributed by atoms with E-state index in [4.69, 9.17) is 19.6 Å². The Morgan fingerprint density at radius 1 is 1.03 bits per heavy atom. The number of hydrogen-bond acceptors (Lipinski definition) is 7. The molecule has 0 fully saturated rings. The minimum Gasteiger partial charge on any atom is -0.490 e. The van der Waals surface area contributed by atoms with E-state index in [1.807, 2.05) is 19.1 Å². The van der Waals surface area contributed by atoms with Crippen LogP contribution in [0.3, 0.4) is 0 Å². The maximum atomic E-state index is 10.9. The van der Waals surface area contributed by atoms with Crippen LogP contribution in [0.4, 0.5) is 5.69 Å². The van der Waals surface area contributed by atoms with Crippen LogP contribution in [0.5, 0.6) is 11.5 Å². The molecule has 0 saturated heterocycles. The topological polar surface area (TPSA) is 107 Å². The van der Waals surface area contributed by atoms with E-state index < -0.39 is 4.92 Å². The Bertz CT molecular complexity index is 1150. The van der Waals surface area contributed by atoms with Crippen molar-refractivity contribution in [3.63, 3.8) is 0 Å². The van der Waals surface area contributed by atoms with Crippen LogP contribution in [-0.4, -0.2) is 17.7 Å². The molecule has 8 nitrogen and oxygen atoms in total. The molecule has 8 heteroatoms. The van der Waals surface area contributed by atoms with E-state index in [2.05, 4.69) is 11.2 Å². The summed E-state index contributed by atoms with van der Waals surface area (Å²) in [7, 11) is 0.